The molecular formula is C20H29N3O3S. The highest BCUT2D eigenvalue weighted by molar-refractivity contribution is 7.80. The van der Waals surface area contributed by atoms with Crippen molar-refractivity contribution < 1.29 is 14.3 Å². The molecule has 0 saturated heterocycles. The third-order valence-electron chi connectivity index (χ3n) is 5.21. The largest absolute Gasteiger partial charge is 0.493 e. The van der Waals surface area contributed by atoms with Crippen LogP contribution in [0.3, 0.4) is 0 Å². The first-order valence-electron chi connectivity index (χ1n) is 9.66. The number of fused-ring (bicyclic) bond motifs is 1. The van der Waals surface area contributed by atoms with Gasteiger partial charge in [-0.1, -0.05) is 6.92 Å². The van der Waals surface area contributed by atoms with Gasteiger partial charge in [-0.3, -0.25) is 4.79 Å². The number of hydrogen-bond donors (Lipinski definition) is 2. The summed E-state index contributed by atoms with van der Waals surface area (Å²) in [6, 6.07) is 4.05. The zero-order valence-electron chi connectivity index (χ0n) is 16.3. The Balaban J connectivity index is 1.87. The van der Waals surface area contributed by atoms with E-state index in [1.54, 1.807) is 14.2 Å². The van der Waals surface area contributed by atoms with Crippen LogP contribution in [0.25, 0.3) is 0 Å². The standard InChI is InChI=1S/C20H29N3O3S/c1-4-8-21-20(27)23-9-7-14-10-17(25-2)18(26-3)11-15(14)16(23)12-22-19(24)13-5-6-13/h10-11,13,16H,4-9,12H2,1-3H3,(H,21,27)(H,22,24)/t16-/m0/s1. The second-order valence-corrected chi connectivity index (χ2v) is 7.50. The normalized spacial score (nSPS) is 18.5. The van der Waals surface area contributed by atoms with E-state index < -0.39 is 0 Å². The van der Waals surface area contributed by atoms with Crippen LogP contribution in [0.15, 0.2) is 12.1 Å². The SMILES string of the molecule is CCCNC(=S)N1CCc2cc(OC)c(OC)cc2[C@@H]1CNC(=O)C1CC1. The van der Waals surface area contributed by atoms with Crippen LogP contribution in [0.1, 0.15) is 43.4 Å². The molecule has 148 valence electrons. The first kappa shape index (κ1) is 19.7. The molecule has 0 radical (unpaired) electrons. The summed E-state index contributed by atoms with van der Waals surface area (Å²) in [5.41, 5.74) is 2.35. The van der Waals surface area contributed by atoms with E-state index in [2.05, 4.69) is 22.5 Å². The third kappa shape index (κ3) is 4.46. The van der Waals surface area contributed by atoms with Crippen LogP contribution in [0.2, 0.25) is 0 Å². The van der Waals surface area contributed by atoms with Gasteiger partial charge < -0.3 is 25.0 Å². The summed E-state index contributed by atoms with van der Waals surface area (Å²) in [6.45, 7) is 4.30. The minimum absolute atomic E-state index is 0.0203. The molecule has 0 unspecified atom stereocenters. The number of amides is 1. The van der Waals surface area contributed by atoms with Crippen LogP contribution >= 0.6 is 12.2 Å². The molecule has 27 heavy (non-hydrogen) atoms. The molecule has 6 nitrogen and oxygen atoms in total. The quantitative estimate of drug-likeness (QED) is 0.696. The molecule has 0 spiro atoms. The Hall–Kier alpha value is -2.02. The van der Waals surface area contributed by atoms with Crippen molar-refractivity contribution in [2.45, 2.75) is 38.6 Å². The number of carbonyl (C=O) groups is 1. The van der Waals surface area contributed by atoms with Gasteiger partial charge in [0.25, 0.3) is 0 Å². The Morgan fingerprint density at radius 2 is 1.93 bits per heavy atom. The highest BCUT2D eigenvalue weighted by Gasteiger charge is 2.33. The summed E-state index contributed by atoms with van der Waals surface area (Å²) < 4.78 is 11.0. The summed E-state index contributed by atoms with van der Waals surface area (Å²) in [5.74, 6) is 1.77. The molecule has 1 aromatic rings. The van der Waals surface area contributed by atoms with Crippen molar-refractivity contribution in [3.05, 3.63) is 23.3 Å². The van der Waals surface area contributed by atoms with Crippen molar-refractivity contribution in [1.29, 1.82) is 0 Å². The first-order valence-corrected chi connectivity index (χ1v) is 10.1. The molecule has 7 heteroatoms. The third-order valence-corrected chi connectivity index (χ3v) is 5.59. The van der Waals surface area contributed by atoms with Crippen molar-refractivity contribution in [2.24, 2.45) is 5.92 Å². The smallest absolute Gasteiger partial charge is 0.223 e. The summed E-state index contributed by atoms with van der Waals surface area (Å²) in [5, 5.41) is 7.19. The maximum Gasteiger partial charge on any atom is 0.223 e. The first-order chi connectivity index (χ1) is 13.1. The van der Waals surface area contributed by atoms with E-state index in [0.29, 0.717) is 12.3 Å². The Morgan fingerprint density at radius 3 is 2.56 bits per heavy atom. The Kier molecular flexibility index (Phi) is 6.42. The van der Waals surface area contributed by atoms with E-state index >= 15 is 0 Å². The Morgan fingerprint density at radius 1 is 1.22 bits per heavy atom. The number of thiocarbonyl (C=S) groups is 1. The monoisotopic (exact) mass is 391 g/mol. The van der Waals surface area contributed by atoms with Gasteiger partial charge in [0, 0.05) is 25.6 Å². The molecular weight excluding hydrogens is 362 g/mol. The van der Waals surface area contributed by atoms with Crippen molar-refractivity contribution in [2.75, 3.05) is 33.9 Å². The number of methoxy groups -OCH3 is 2. The lowest BCUT2D eigenvalue weighted by atomic mass is 9.92. The van der Waals surface area contributed by atoms with Gasteiger partial charge >= 0.3 is 0 Å². The number of ether oxygens (including phenoxy) is 2. The number of hydrogen-bond acceptors (Lipinski definition) is 4. The molecule has 1 aliphatic carbocycles. The van der Waals surface area contributed by atoms with Gasteiger partial charge in [-0.25, -0.2) is 0 Å². The second-order valence-electron chi connectivity index (χ2n) is 7.12. The fraction of sp³-hybridized carbons (Fsp3) is 0.600. The van der Waals surface area contributed by atoms with E-state index in [9.17, 15) is 4.79 Å². The maximum atomic E-state index is 12.2. The Bertz CT molecular complexity index is 706. The van der Waals surface area contributed by atoms with Crippen molar-refractivity contribution >= 4 is 23.2 Å². The number of rotatable bonds is 7. The maximum absolute atomic E-state index is 12.2. The van der Waals surface area contributed by atoms with Crippen LogP contribution in [0.4, 0.5) is 0 Å². The second kappa shape index (κ2) is 8.78. The molecule has 1 aliphatic heterocycles. The predicted octanol–water partition coefficient (Wildman–Crippen LogP) is 2.41. The van der Waals surface area contributed by atoms with Crippen molar-refractivity contribution in [1.82, 2.24) is 15.5 Å². The molecule has 1 heterocycles. The Labute approximate surface area is 166 Å². The fourth-order valence-electron chi connectivity index (χ4n) is 3.51. The highest BCUT2D eigenvalue weighted by atomic mass is 32.1. The summed E-state index contributed by atoms with van der Waals surface area (Å²) >= 11 is 5.65. The van der Waals surface area contributed by atoms with Gasteiger partial charge in [0.2, 0.25) is 5.91 Å². The lowest BCUT2D eigenvalue weighted by molar-refractivity contribution is -0.122. The lowest BCUT2D eigenvalue weighted by Crippen LogP contribution is -2.49. The summed E-state index contributed by atoms with van der Waals surface area (Å²) in [4.78, 5) is 14.4. The predicted molar refractivity (Wildman–Crippen MR) is 109 cm³/mol. The van der Waals surface area contributed by atoms with E-state index in [-0.39, 0.29) is 17.9 Å². The molecule has 2 N–H and O–H groups in total. The fourth-order valence-corrected chi connectivity index (χ4v) is 3.83. The van der Waals surface area contributed by atoms with Crippen molar-refractivity contribution in [3.63, 3.8) is 0 Å². The molecule has 1 saturated carbocycles. The average Bonchev–Trinajstić information content (AvgIpc) is 3.53. The molecule has 1 aromatic carbocycles. The molecule has 1 fully saturated rings. The van der Waals surface area contributed by atoms with E-state index in [1.165, 1.54) is 5.56 Å². The van der Waals surface area contributed by atoms with Crippen LogP contribution in [-0.2, 0) is 11.2 Å². The van der Waals surface area contributed by atoms with E-state index in [4.69, 9.17) is 21.7 Å². The average molecular weight is 392 g/mol. The molecule has 1 amide bonds. The lowest BCUT2D eigenvalue weighted by Gasteiger charge is -2.39. The molecule has 0 aromatic heterocycles. The number of nitrogens with zero attached hydrogens (tertiary/aromatic N) is 1. The van der Waals surface area contributed by atoms with Gasteiger partial charge in [-0.2, -0.15) is 0 Å². The van der Waals surface area contributed by atoms with Crippen molar-refractivity contribution in [3.8, 4) is 11.5 Å². The van der Waals surface area contributed by atoms with Gasteiger partial charge in [-0.15, -0.1) is 0 Å². The van der Waals surface area contributed by atoms with Gasteiger partial charge in [0.05, 0.1) is 20.3 Å². The van der Waals surface area contributed by atoms with Crippen LogP contribution in [0.5, 0.6) is 11.5 Å². The molecule has 2 aliphatic rings. The van der Waals surface area contributed by atoms with Crippen LogP contribution in [-0.4, -0.2) is 49.8 Å². The zero-order valence-corrected chi connectivity index (χ0v) is 17.2. The minimum Gasteiger partial charge on any atom is -0.493 e. The zero-order chi connectivity index (χ0) is 19.4. The van der Waals surface area contributed by atoms with Gasteiger partial charge in [-0.05, 0) is 61.2 Å². The molecule has 0 bridgehead atoms. The summed E-state index contributed by atoms with van der Waals surface area (Å²) in [6.07, 6.45) is 3.88. The van der Waals surface area contributed by atoms with Gasteiger partial charge in [0.1, 0.15) is 0 Å². The molecule has 3 rings (SSSR count). The van der Waals surface area contributed by atoms with E-state index in [0.717, 1.165) is 55.2 Å². The van der Waals surface area contributed by atoms with E-state index in [1.807, 2.05) is 12.1 Å². The summed E-state index contributed by atoms with van der Waals surface area (Å²) in [7, 11) is 3.29. The number of benzene rings is 1. The van der Waals surface area contributed by atoms with Gasteiger partial charge in [0.15, 0.2) is 16.6 Å². The minimum atomic E-state index is -0.0203. The molecule has 1 atom stereocenters. The number of carbonyl (C=O) groups excluding carboxylic acids is 1. The highest BCUT2D eigenvalue weighted by Crippen LogP contribution is 2.38. The number of nitrogens with one attached hydrogen (secondary N) is 2. The topological polar surface area (TPSA) is 62.8 Å². The van der Waals surface area contributed by atoms with Crippen LogP contribution in [0, 0.1) is 5.92 Å². The van der Waals surface area contributed by atoms with Crippen LogP contribution < -0.4 is 20.1 Å².